The highest BCUT2D eigenvalue weighted by Gasteiger charge is 2.22. The molecule has 0 saturated heterocycles. The van der Waals surface area contributed by atoms with Crippen LogP contribution in [0.25, 0.3) is 0 Å². The molecular formula is C28H48O11. The van der Waals surface area contributed by atoms with Gasteiger partial charge in [0.05, 0.1) is 32.0 Å². The smallest absolute Gasteiger partial charge is 0.338 e. The number of aliphatic hydroxyl groups excluding tert-OH is 6. The Balaban J connectivity index is 2.84. The van der Waals surface area contributed by atoms with Gasteiger partial charge in [0.2, 0.25) is 5.75 Å². The van der Waals surface area contributed by atoms with Crippen LogP contribution in [0.4, 0.5) is 0 Å². The second-order valence-corrected chi connectivity index (χ2v) is 9.56. The lowest BCUT2D eigenvalue weighted by atomic mass is 10.1. The van der Waals surface area contributed by atoms with Gasteiger partial charge in [0.25, 0.3) is 0 Å². The molecule has 1 aromatic rings. The van der Waals surface area contributed by atoms with Crippen molar-refractivity contribution < 1.29 is 54.4 Å². The largest absolute Gasteiger partial charge is 0.487 e. The first-order chi connectivity index (χ1) is 18.9. The van der Waals surface area contributed by atoms with E-state index in [0.717, 1.165) is 25.7 Å². The molecule has 0 aliphatic rings. The zero-order chi connectivity index (χ0) is 28.9. The van der Waals surface area contributed by atoms with Crippen molar-refractivity contribution in [2.24, 2.45) is 0 Å². The molecule has 0 bridgehead atoms. The monoisotopic (exact) mass is 560 g/mol. The van der Waals surface area contributed by atoms with E-state index in [-0.39, 0.29) is 49.2 Å². The Kier molecular flexibility index (Phi) is 19.4. The number of hydrogen-bond donors (Lipinski definition) is 6. The lowest BCUT2D eigenvalue weighted by Crippen LogP contribution is -2.25. The van der Waals surface area contributed by atoms with Crippen molar-refractivity contribution in [3.05, 3.63) is 17.7 Å². The summed E-state index contributed by atoms with van der Waals surface area (Å²) in [6.07, 6.45) is 7.86. The average molecular weight is 561 g/mol. The van der Waals surface area contributed by atoms with Crippen LogP contribution in [0.5, 0.6) is 17.2 Å². The van der Waals surface area contributed by atoms with Crippen LogP contribution in [0.15, 0.2) is 12.1 Å². The molecule has 226 valence electrons. The molecule has 1 aromatic carbocycles. The third-order valence-corrected chi connectivity index (χ3v) is 5.90. The number of rotatable bonds is 24. The maximum Gasteiger partial charge on any atom is 0.338 e. The maximum atomic E-state index is 12.8. The van der Waals surface area contributed by atoms with E-state index in [4.69, 9.17) is 34.3 Å². The Bertz CT molecular complexity index is 739. The predicted molar refractivity (Wildman–Crippen MR) is 144 cm³/mol. The zero-order valence-corrected chi connectivity index (χ0v) is 23.1. The van der Waals surface area contributed by atoms with E-state index < -0.39 is 44.1 Å². The lowest BCUT2D eigenvalue weighted by Gasteiger charge is -2.20. The Morgan fingerprint density at radius 3 is 1.51 bits per heavy atom. The summed E-state index contributed by atoms with van der Waals surface area (Å²) >= 11 is 0. The SMILES string of the molecule is CCCCCCCCCCCCOC(=O)c1cc(OCC(O)CO)c(OCC(O)CO)c(OCC(O)CO)c1. The molecule has 0 amide bonds. The molecular weight excluding hydrogens is 512 g/mol. The molecule has 0 saturated carbocycles. The van der Waals surface area contributed by atoms with E-state index in [2.05, 4.69) is 6.92 Å². The number of unbranched alkanes of at least 4 members (excludes halogenated alkanes) is 9. The zero-order valence-electron chi connectivity index (χ0n) is 23.1. The van der Waals surface area contributed by atoms with E-state index in [1.165, 1.54) is 50.7 Å². The fraction of sp³-hybridized carbons (Fsp3) is 0.750. The summed E-state index contributed by atoms with van der Waals surface area (Å²) in [4.78, 5) is 12.8. The minimum atomic E-state index is -1.22. The number of carbonyl (C=O) groups excluding carboxylic acids is 1. The van der Waals surface area contributed by atoms with Crippen molar-refractivity contribution in [1.29, 1.82) is 0 Å². The van der Waals surface area contributed by atoms with Crippen LogP contribution >= 0.6 is 0 Å². The first-order valence-corrected chi connectivity index (χ1v) is 14.0. The van der Waals surface area contributed by atoms with Crippen molar-refractivity contribution in [2.75, 3.05) is 46.2 Å². The van der Waals surface area contributed by atoms with Gasteiger partial charge in [-0.3, -0.25) is 0 Å². The molecule has 3 unspecified atom stereocenters. The van der Waals surface area contributed by atoms with Crippen molar-refractivity contribution in [2.45, 2.75) is 89.4 Å². The first kappa shape index (κ1) is 34.9. The van der Waals surface area contributed by atoms with E-state index >= 15 is 0 Å². The second kappa shape index (κ2) is 21.6. The van der Waals surface area contributed by atoms with Crippen LogP contribution in [0, 0.1) is 0 Å². The van der Waals surface area contributed by atoms with Crippen molar-refractivity contribution in [1.82, 2.24) is 0 Å². The Morgan fingerprint density at radius 1 is 0.667 bits per heavy atom. The number of hydrogen-bond acceptors (Lipinski definition) is 11. The molecule has 0 aliphatic heterocycles. The molecule has 0 heterocycles. The fourth-order valence-corrected chi connectivity index (χ4v) is 3.60. The van der Waals surface area contributed by atoms with E-state index in [1.807, 2.05) is 0 Å². The van der Waals surface area contributed by atoms with Gasteiger partial charge >= 0.3 is 5.97 Å². The molecule has 1 rings (SSSR count). The molecule has 11 heteroatoms. The van der Waals surface area contributed by atoms with E-state index in [0.29, 0.717) is 0 Å². The summed E-state index contributed by atoms with van der Waals surface area (Å²) < 4.78 is 22.1. The summed E-state index contributed by atoms with van der Waals surface area (Å²) in [5.41, 5.74) is 0.0547. The molecule has 0 aromatic heterocycles. The van der Waals surface area contributed by atoms with Gasteiger partial charge in [-0.25, -0.2) is 4.79 Å². The number of aliphatic hydroxyl groups is 6. The van der Waals surface area contributed by atoms with E-state index in [9.17, 15) is 20.1 Å². The normalized spacial score (nSPS) is 13.5. The third-order valence-electron chi connectivity index (χ3n) is 5.90. The second-order valence-electron chi connectivity index (χ2n) is 9.56. The van der Waals surface area contributed by atoms with Gasteiger partial charge in [-0.05, 0) is 18.6 Å². The Labute approximate surface area is 231 Å². The molecule has 11 nitrogen and oxygen atoms in total. The summed E-state index contributed by atoms with van der Waals surface area (Å²) in [6, 6.07) is 2.64. The fourth-order valence-electron chi connectivity index (χ4n) is 3.60. The maximum absolute atomic E-state index is 12.8. The summed E-state index contributed by atoms with van der Waals surface area (Å²) in [5, 5.41) is 56.5. The van der Waals surface area contributed by atoms with Crippen molar-refractivity contribution in [3.63, 3.8) is 0 Å². The van der Waals surface area contributed by atoms with Crippen LogP contribution < -0.4 is 14.2 Å². The van der Waals surface area contributed by atoms with Gasteiger partial charge in [-0.15, -0.1) is 0 Å². The van der Waals surface area contributed by atoms with Gasteiger partial charge in [0.1, 0.15) is 38.1 Å². The van der Waals surface area contributed by atoms with Gasteiger partial charge < -0.3 is 49.6 Å². The first-order valence-electron chi connectivity index (χ1n) is 14.0. The predicted octanol–water partition coefficient (Wildman–Crippen LogP) is 1.96. The van der Waals surface area contributed by atoms with Gasteiger partial charge in [-0.2, -0.15) is 0 Å². The molecule has 0 spiro atoms. The minimum Gasteiger partial charge on any atom is -0.487 e. The number of ether oxygens (including phenoxy) is 4. The number of benzene rings is 1. The number of carbonyl (C=O) groups is 1. The van der Waals surface area contributed by atoms with Crippen molar-refractivity contribution >= 4 is 5.97 Å². The summed E-state index contributed by atoms with van der Waals surface area (Å²) in [7, 11) is 0. The van der Waals surface area contributed by atoms with Crippen molar-refractivity contribution in [3.8, 4) is 17.2 Å². The highest BCUT2D eigenvalue weighted by atomic mass is 16.6. The quantitative estimate of drug-likeness (QED) is 0.0805. The van der Waals surface area contributed by atoms with Crippen LogP contribution in [0.3, 0.4) is 0 Å². The average Bonchev–Trinajstić information content (AvgIpc) is 2.95. The summed E-state index contributed by atoms with van der Waals surface area (Å²) in [6.45, 7) is -0.291. The molecule has 0 fully saturated rings. The Hall–Kier alpha value is -2.15. The van der Waals surface area contributed by atoms with Crippen LogP contribution in [-0.4, -0.2) is 101 Å². The topological polar surface area (TPSA) is 175 Å². The standard InChI is InChI=1S/C28H48O11/c1-2-3-4-5-6-7-8-9-10-11-12-36-28(35)21-13-25(37-18-22(32)15-29)27(39-20-24(34)17-31)26(14-21)38-19-23(33)16-30/h13-14,22-24,29-34H,2-12,15-20H2,1H3. The van der Waals surface area contributed by atoms with Gasteiger partial charge in [0, 0.05) is 0 Å². The Morgan fingerprint density at radius 2 is 1.08 bits per heavy atom. The highest BCUT2D eigenvalue weighted by molar-refractivity contribution is 5.91. The van der Waals surface area contributed by atoms with Gasteiger partial charge in [-0.1, -0.05) is 64.7 Å². The van der Waals surface area contributed by atoms with Crippen LogP contribution in [0.2, 0.25) is 0 Å². The van der Waals surface area contributed by atoms with Gasteiger partial charge in [0.15, 0.2) is 11.5 Å². The third kappa shape index (κ3) is 15.3. The van der Waals surface area contributed by atoms with Crippen LogP contribution in [0.1, 0.15) is 81.5 Å². The highest BCUT2D eigenvalue weighted by Crippen LogP contribution is 2.39. The van der Waals surface area contributed by atoms with E-state index in [1.54, 1.807) is 0 Å². The minimum absolute atomic E-state index is 0.0467. The molecule has 3 atom stereocenters. The molecule has 39 heavy (non-hydrogen) atoms. The molecule has 0 aliphatic carbocycles. The van der Waals surface area contributed by atoms with Crippen LogP contribution in [-0.2, 0) is 4.74 Å². The number of esters is 1. The molecule has 0 radical (unpaired) electrons. The molecule has 6 N–H and O–H groups in total. The lowest BCUT2D eigenvalue weighted by molar-refractivity contribution is 0.0388. The summed E-state index contributed by atoms with van der Waals surface area (Å²) in [5.74, 6) is -0.805.